The second kappa shape index (κ2) is 12.1. The minimum Gasteiger partial charge on any atom is -0.459 e. The van der Waals surface area contributed by atoms with Crippen LogP contribution in [0.2, 0.25) is 0 Å². The molecule has 0 unspecified atom stereocenters. The van der Waals surface area contributed by atoms with Gasteiger partial charge < -0.3 is 15.0 Å². The highest BCUT2D eigenvalue weighted by Gasteiger charge is 2.29. The van der Waals surface area contributed by atoms with Gasteiger partial charge in [0.15, 0.2) is 0 Å². The Hall–Kier alpha value is -2.96. The summed E-state index contributed by atoms with van der Waals surface area (Å²) in [4.78, 5) is 12.2. The molecule has 3 aromatic carbocycles. The van der Waals surface area contributed by atoms with Crippen molar-refractivity contribution in [2.45, 2.75) is 52.0 Å². The van der Waals surface area contributed by atoms with E-state index in [4.69, 9.17) is 24.0 Å². The van der Waals surface area contributed by atoms with Crippen molar-refractivity contribution in [3.05, 3.63) is 102 Å². The van der Waals surface area contributed by atoms with Crippen molar-refractivity contribution in [3.8, 4) is 5.75 Å². The summed E-state index contributed by atoms with van der Waals surface area (Å²) in [7, 11) is -3.95. The largest absolute Gasteiger partial charge is 0.530 e. The maximum absolute atomic E-state index is 13.5. The Bertz CT molecular complexity index is 1070. The highest BCUT2D eigenvalue weighted by Crippen LogP contribution is 2.51. The van der Waals surface area contributed by atoms with Gasteiger partial charge in [0.2, 0.25) is 0 Å². The number of nitrogens with two attached hydrogens (primary N) is 1. The highest BCUT2D eigenvalue weighted by atomic mass is 31.2. The summed E-state index contributed by atoms with van der Waals surface area (Å²) in [5.74, 6) is -0.157. The van der Waals surface area contributed by atoms with Gasteiger partial charge in [-0.25, -0.2) is 4.57 Å². The molecular weight excluding hydrogens is 465 g/mol. The van der Waals surface area contributed by atoms with E-state index >= 15 is 0 Å². The smallest absolute Gasteiger partial charge is 0.459 e. The topological polar surface area (TPSA) is 97.1 Å². The van der Waals surface area contributed by atoms with Crippen molar-refractivity contribution in [1.29, 1.82) is 0 Å². The van der Waals surface area contributed by atoms with Crippen LogP contribution in [0.5, 0.6) is 5.75 Å². The predicted octanol–water partition coefficient (Wildman–Crippen LogP) is 5.82. The molecule has 35 heavy (non-hydrogen) atoms. The summed E-state index contributed by atoms with van der Waals surface area (Å²) in [6.45, 7) is 5.51. The summed E-state index contributed by atoms with van der Waals surface area (Å²) in [5.41, 5.74) is 7.88. The summed E-state index contributed by atoms with van der Waals surface area (Å²) in [5, 5.41) is 0. The Morgan fingerprint density at radius 2 is 1.29 bits per heavy atom. The van der Waals surface area contributed by atoms with Gasteiger partial charge in [0.25, 0.3) is 0 Å². The lowest BCUT2D eigenvalue weighted by molar-refractivity contribution is -0.156. The minimum atomic E-state index is -3.95. The summed E-state index contributed by atoms with van der Waals surface area (Å²) in [6, 6.07) is 24.7. The first kappa shape index (κ1) is 26.6. The second-order valence-electron chi connectivity index (χ2n) is 9.04. The molecule has 3 aromatic rings. The number of phosphoric acid groups is 1. The van der Waals surface area contributed by atoms with E-state index in [1.54, 1.807) is 45.0 Å². The Labute approximate surface area is 206 Å². The molecule has 0 saturated carbocycles. The first-order valence-electron chi connectivity index (χ1n) is 11.4. The van der Waals surface area contributed by atoms with Gasteiger partial charge >= 0.3 is 13.8 Å². The first-order valence-corrected chi connectivity index (χ1v) is 12.8. The lowest BCUT2D eigenvalue weighted by atomic mass is 10.1. The number of esters is 1. The van der Waals surface area contributed by atoms with E-state index in [9.17, 15) is 9.36 Å². The quantitative estimate of drug-likeness (QED) is 0.263. The number of phosphoric ester groups is 1. The minimum absolute atomic E-state index is 0.0652. The van der Waals surface area contributed by atoms with Crippen molar-refractivity contribution < 1.29 is 27.7 Å². The second-order valence-corrected chi connectivity index (χ2v) is 10.6. The zero-order chi connectivity index (χ0) is 25.3. The first-order chi connectivity index (χ1) is 16.6. The van der Waals surface area contributed by atoms with Gasteiger partial charge in [-0.2, -0.15) is 0 Å². The Kier molecular flexibility index (Phi) is 9.24. The van der Waals surface area contributed by atoms with Gasteiger partial charge in [0, 0.05) is 0 Å². The van der Waals surface area contributed by atoms with Crippen LogP contribution in [0.25, 0.3) is 0 Å². The van der Waals surface area contributed by atoms with Gasteiger partial charge in [-0.05, 0) is 56.0 Å². The van der Waals surface area contributed by atoms with Crippen LogP contribution in [-0.2, 0) is 42.8 Å². The third-order valence-electron chi connectivity index (χ3n) is 4.77. The molecule has 0 amide bonds. The van der Waals surface area contributed by atoms with Crippen molar-refractivity contribution in [2.75, 3.05) is 0 Å². The van der Waals surface area contributed by atoms with Crippen LogP contribution < -0.4 is 10.3 Å². The number of ether oxygens (including phenoxy) is 1. The molecule has 0 bridgehead atoms. The maximum Gasteiger partial charge on any atom is 0.530 e. The van der Waals surface area contributed by atoms with Gasteiger partial charge in [-0.3, -0.25) is 13.8 Å². The molecule has 0 aliphatic rings. The fourth-order valence-corrected chi connectivity index (χ4v) is 4.25. The molecule has 0 saturated heterocycles. The Morgan fingerprint density at radius 1 is 0.800 bits per heavy atom. The molecule has 0 fully saturated rings. The third-order valence-corrected chi connectivity index (χ3v) is 6.10. The van der Waals surface area contributed by atoms with E-state index < -0.39 is 25.4 Å². The highest BCUT2D eigenvalue weighted by molar-refractivity contribution is 7.48. The summed E-state index contributed by atoms with van der Waals surface area (Å²) in [6.07, 6.45) is 0.294. The molecule has 0 aliphatic heterocycles. The monoisotopic (exact) mass is 497 g/mol. The average molecular weight is 498 g/mol. The molecule has 7 nitrogen and oxygen atoms in total. The molecule has 3 rings (SSSR count). The van der Waals surface area contributed by atoms with E-state index in [-0.39, 0.29) is 13.2 Å². The zero-order valence-electron chi connectivity index (χ0n) is 20.3. The zero-order valence-corrected chi connectivity index (χ0v) is 21.2. The molecule has 8 heteroatoms. The number of benzene rings is 3. The van der Waals surface area contributed by atoms with E-state index in [0.29, 0.717) is 12.2 Å². The molecule has 2 N–H and O–H groups in total. The molecule has 0 aliphatic carbocycles. The van der Waals surface area contributed by atoms with E-state index in [0.717, 1.165) is 16.7 Å². The van der Waals surface area contributed by atoms with Crippen LogP contribution in [0.3, 0.4) is 0 Å². The fourth-order valence-electron chi connectivity index (χ4n) is 3.08. The number of hydrogen-bond donors (Lipinski definition) is 1. The Morgan fingerprint density at radius 3 is 1.74 bits per heavy atom. The third kappa shape index (κ3) is 9.30. The molecule has 0 spiro atoms. The van der Waals surface area contributed by atoms with Crippen LogP contribution in [0.15, 0.2) is 84.9 Å². The van der Waals surface area contributed by atoms with Crippen LogP contribution in [0.4, 0.5) is 0 Å². The average Bonchev–Trinajstić information content (AvgIpc) is 2.83. The predicted molar refractivity (Wildman–Crippen MR) is 135 cm³/mol. The summed E-state index contributed by atoms with van der Waals surface area (Å²) < 4.78 is 35.8. The van der Waals surface area contributed by atoms with Crippen molar-refractivity contribution >= 4 is 13.8 Å². The normalized spacial score (nSPS) is 12.7. The van der Waals surface area contributed by atoms with E-state index in [2.05, 4.69) is 0 Å². The molecule has 1 atom stereocenters. The van der Waals surface area contributed by atoms with Crippen LogP contribution in [0.1, 0.15) is 37.5 Å². The van der Waals surface area contributed by atoms with Gasteiger partial charge in [-0.15, -0.1) is 0 Å². The van der Waals surface area contributed by atoms with Gasteiger partial charge in [0.05, 0.1) is 13.2 Å². The van der Waals surface area contributed by atoms with Crippen LogP contribution in [0, 0.1) is 0 Å². The number of rotatable bonds is 11. The van der Waals surface area contributed by atoms with E-state index in [1.807, 2.05) is 60.7 Å². The molecule has 0 radical (unpaired) electrons. The number of carbonyl (C=O) groups excluding carboxylic acids is 1. The van der Waals surface area contributed by atoms with Gasteiger partial charge in [-0.1, -0.05) is 72.8 Å². The molecule has 0 heterocycles. The van der Waals surface area contributed by atoms with Crippen molar-refractivity contribution in [3.63, 3.8) is 0 Å². The number of carbonyl (C=O) groups is 1. The fraction of sp³-hybridized carbons (Fsp3) is 0.296. The lowest BCUT2D eigenvalue weighted by Crippen LogP contribution is -2.38. The maximum atomic E-state index is 13.5. The molecular formula is C27H32NO6P. The van der Waals surface area contributed by atoms with Gasteiger partial charge in [0.1, 0.15) is 17.4 Å². The summed E-state index contributed by atoms with van der Waals surface area (Å²) >= 11 is 0. The van der Waals surface area contributed by atoms with Crippen molar-refractivity contribution in [1.82, 2.24) is 0 Å². The standard InChI is InChI=1S/C27H32NO6P/c1-27(2,3)33-26(29)25(28)18-21-14-16-24(17-15-21)34-35(30,31-19-22-10-6-4-7-11-22)32-20-23-12-8-5-9-13-23/h4-17,25H,18-20,28H2,1-3H3/t25-/m0/s1. The van der Waals surface area contributed by atoms with E-state index in [1.165, 1.54) is 0 Å². The van der Waals surface area contributed by atoms with Crippen LogP contribution in [-0.4, -0.2) is 17.6 Å². The van der Waals surface area contributed by atoms with Crippen molar-refractivity contribution in [2.24, 2.45) is 5.73 Å². The molecule has 186 valence electrons. The molecule has 0 aromatic heterocycles. The number of hydrogen-bond acceptors (Lipinski definition) is 7. The van der Waals surface area contributed by atoms with Crippen LogP contribution >= 0.6 is 7.82 Å². The lowest BCUT2D eigenvalue weighted by Gasteiger charge is -2.22. The SMILES string of the molecule is CC(C)(C)OC(=O)[C@@H](N)Cc1ccc(OP(=O)(OCc2ccccc2)OCc2ccccc2)cc1. The Balaban J connectivity index is 1.66.